The highest BCUT2D eigenvalue weighted by atomic mass is 16.5. The van der Waals surface area contributed by atoms with Gasteiger partial charge >= 0.3 is 0 Å². The molecule has 1 aromatic carbocycles. The van der Waals surface area contributed by atoms with E-state index in [2.05, 4.69) is 13.8 Å². The Morgan fingerprint density at radius 2 is 2.17 bits per heavy atom. The molecule has 12 heavy (non-hydrogen) atoms. The van der Waals surface area contributed by atoms with Crippen LogP contribution in [-0.4, -0.2) is 6.61 Å². The van der Waals surface area contributed by atoms with Crippen molar-refractivity contribution in [3.8, 4) is 5.75 Å². The minimum absolute atomic E-state index is 0.782. The van der Waals surface area contributed by atoms with Gasteiger partial charge in [0.05, 0.1) is 6.61 Å². The summed E-state index contributed by atoms with van der Waals surface area (Å²) in [6.45, 7) is 8.83. The highest BCUT2D eigenvalue weighted by molar-refractivity contribution is 5.40. The first-order chi connectivity index (χ1) is 5.75. The molecule has 0 amide bonds. The van der Waals surface area contributed by atoms with E-state index >= 15 is 0 Å². The van der Waals surface area contributed by atoms with Gasteiger partial charge in [-0.25, -0.2) is 0 Å². The van der Waals surface area contributed by atoms with Crippen LogP contribution < -0.4 is 4.74 Å². The Bertz CT molecular complexity index is 253. The summed E-state index contributed by atoms with van der Waals surface area (Å²) >= 11 is 0. The SMILES string of the molecule is [CH2]c1cccc(OCCC)c1C. The minimum Gasteiger partial charge on any atom is -0.493 e. The summed E-state index contributed by atoms with van der Waals surface area (Å²) in [5, 5.41) is 0. The summed E-state index contributed by atoms with van der Waals surface area (Å²) in [6.07, 6.45) is 1.04. The van der Waals surface area contributed by atoms with E-state index in [9.17, 15) is 0 Å². The number of benzene rings is 1. The first-order valence-corrected chi connectivity index (χ1v) is 4.30. The van der Waals surface area contributed by atoms with Crippen LogP contribution in [0.5, 0.6) is 5.75 Å². The molecule has 0 aliphatic rings. The third-order valence-corrected chi connectivity index (χ3v) is 1.86. The zero-order chi connectivity index (χ0) is 8.97. The summed E-state index contributed by atoms with van der Waals surface area (Å²) in [7, 11) is 0. The van der Waals surface area contributed by atoms with Crippen molar-refractivity contribution in [1.29, 1.82) is 0 Å². The van der Waals surface area contributed by atoms with Crippen LogP contribution in [0, 0.1) is 13.8 Å². The fourth-order valence-corrected chi connectivity index (χ4v) is 1.03. The zero-order valence-corrected chi connectivity index (χ0v) is 7.76. The van der Waals surface area contributed by atoms with Gasteiger partial charge in [-0.05, 0) is 37.5 Å². The van der Waals surface area contributed by atoms with Crippen LogP contribution in [0.25, 0.3) is 0 Å². The molecule has 0 aromatic heterocycles. The monoisotopic (exact) mass is 163 g/mol. The molecule has 1 heteroatoms. The largest absolute Gasteiger partial charge is 0.493 e. The third kappa shape index (κ3) is 2.00. The normalized spacial score (nSPS) is 9.92. The van der Waals surface area contributed by atoms with E-state index in [4.69, 9.17) is 4.74 Å². The van der Waals surface area contributed by atoms with Crippen molar-refractivity contribution in [2.24, 2.45) is 0 Å². The van der Waals surface area contributed by atoms with Gasteiger partial charge in [-0.15, -0.1) is 0 Å². The number of hydrogen-bond donors (Lipinski definition) is 0. The van der Waals surface area contributed by atoms with Crippen molar-refractivity contribution in [3.63, 3.8) is 0 Å². The smallest absolute Gasteiger partial charge is 0.122 e. The highest BCUT2D eigenvalue weighted by Crippen LogP contribution is 2.20. The lowest BCUT2D eigenvalue weighted by molar-refractivity contribution is 0.315. The Balaban J connectivity index is 2.78. The standard InChI is InChI=1S/C11H15O/c1-4-8-12-11-7-5-6-9(2)10(11)3/h5-7H,2,4,8H2,1,3H3. The Labute approximate surface area is 74.4 Å². The van der Waals surface area contributed by atoms with Crippen LogP contribution in [0.1, 0.15) is 24.5 Å². The van der Waals surface area contributed by atoms with Crippen molar-refractivity contribution in [2.45, 2.75) is 20.3 Å². The molecule has 0 saturated heterocycles. The molecule has 0 unspecified atom stereocenters. The first kappa shape index (κ1) is 9.11. The van der Waals surface area contributed by atoms with Crippen LogP contribution in [0.15, 0.2) is 18.2 Å². The predicted molar refractivity (Wildman–Crippen MR) is 51.4 cm³/mol. The summed E-state index contributed by atoms with van der Waals surface area (Å²) in [5.41, 5.74) is 2.19. The fraction of sp³-hybridized carbons (Fsp3) is 0.364. The molecule has 0 fully saturated rings. The lowest BCUT2D eigenvalue weighted by Gasteiger charge is -2.09. The predicted octanol–water partition coefficient (Wildman–Crippen LogP) is 2.97. The molecule has 1 radical (unpaired) electrons. The Kier molecular flexibility index (Phi) is 3.15. The second-order valence-electron chi connectivity index (χ2n) is 2.89. The van der Waals surface area contributed by atoms with E-state index in [0.29, 0.717) is 0 Å². The van der Waals surface area contributed by atoms with E-state index in [1.54, 1.807) is 0 Å². The molecule has 1 aromatic rings. The minimum atomic E-state index is 0.782. The van der Waals surface area contributed by atoms with E-state index in [-0.39, 0.29) is 0 Å². The molecule has 0 heterocycles. The average Bonchev–Trinajstić information content (AvgIpc) is 2.08. The summed E-state index contributed by atoms with van der Waals surface area (Å²) in [5.74, 6) is 0.962. The molecule has 0 N–H and O–H groups in total. The van der Waals surface area contributed by atoms with Crippen molar-refractivity contribution < 1.29 is 4.74 Å². The van der Waals surface area contributed by atoms with Gasteiger partial charge in [-0.2, -0.15) is 0 Å². The summed E-state index contributed by atoms with van der Waals surface area (Å²) in [4.78, 5) is 0. The van der Waals surface area contributed by atoms with E-state index in [1.165, 1.54) is 0 Å². The second kappa shape index (κ2) is 4.15. The molecule has 0 bridgehead atoms. The van der Waals surface area contributed by atoms with E-state index in [0.717, 1.165) is 29.9 Å². The van der Waals surface area contributed by atoms with Crippen LogP contribution in [0.3, 0.4) is 0 Å². The maximum absolute atomic E-state index is 5.53. The van der Waals surface area contributed by atoms with Gasteiger partial charge in [0.2, 0.25) is 0 Å². The van der Waals surface area contributed by atoms with Gasteiger partial charge in [-0.1, -0.05) is 19.1 Å². The highest BCUT2D eigenvalue weighted by Gasteiger charge is 1.99. The Morgan fingerprint density at radius 1 is 1.42 bits per heavy atom. The van der Waals surface area contributed by atoms with Gasteiger partial charge < -0.3 is 4.74 Å². The first-order valence-electron chi connectivity index (χ1n) is 4.30. The summed E-state index contributed by atoms with van der Waals surface area (Å²) in [6, 6.07) is 5.95. The molecule has 0 atom stereocenters. The van der Waals surface area contributed by atoms with Crippen LogP contribution in [-0.2, 0) is 0 Å². The molecule has 0 saturated carbocycles. The third-order valence-electron chi connectivity index (χ3n) is 1.86. The van der Waals surface area contributed by atoms with Crippen LogP contribution in [0.4, 0.5) is 0 Å². The van der Waals surface area contributed by atoms with Gasteiger partial charge in [0.15, 0.2) is 0 Å². The van der Waals surface area contributed by atoms with Crippen molar-refractivity contribution >= 4 is 0 Å². The number of hydrogen-bond acceptors (Lipinski definition) is 1. The van der Waals surface area contributed by atoms with Gasteiger partial charge in [0.25, 0.3) is 0 Å². The van der Waals surface area contributed by atoms with Crippen LogP contribution in [0.2, 0.25) is 0 Å². The zero-order valence-electron chi connectivity index (χ0n) is 7.76. The number of rotatable bonds is 3. The van der Waals surface area contributed by atoms with Crippen molar-refractivity contribution in [1.82, 2.24) is 0 Å². The fourth-order valence-electron chi connectivity index (χ4n) is 1.03. The summed E-state index contributed by atoms with van der Waals surface area (Å²) < 4.78 is 5.53. The van der Waals surface area contributed by atoms with Gasteiger partial charge in [0.1, 0.15) is 5.75 Å². The second-order valence-corrected chi connectivity index (χ2v) is 2.89. The average molecular weight is 163 g/mol. The molecule has 0 aliphatic heterocycles. The van der Waals surface area contributed by atoms with Crippen LogP contribution >= 0.6 is 0 Å². The van der Waals surface area contributed by atoms with Gasteiger partial charge in [-0.3, -0.25) is 0 Å². The molecule has 0 spiro atoms. The molecule has 1 nitrogen and oxygen atoms in total. The maximum Gasteiger partial charge on any atom is 0.122 e. The lowest BCUT2D eigenvalue weighted by atomic mass is 10.1. The van der Waals surface area contributed by atoms with Crippen molar-refractivity contribution in [3.05, 3.63) is 36.2 Å². The topological polar surface area (TPSA) is 9.23 Å². The molecular weight excluding hydrogens is 148 g/mol. The van der Waals surface area contributed by atoms with E-state index in [1.807, 2.05) is 25.1 Å². The van der Waals surface area contributed by atoms with Crippen molar-refractivity contribution in [2.75, 3.05) is 6.61 Å². The van der Waals surface area contributed by atoms with E-state index < -0.39 is 0 Å². The molecule has 65 valence electrons. The Morgan fingerprint density at radius 3 is 2.83 bits per heavy atom. The molecule has 1 rings (SSSR count). The quantitative estimate of drug-likeness (QED) is 0.665. The lowest BCUT2D eigenvalue weighted by Crippen LogP contribution is -1.97. The Hall–Kier alpha value is -0.980. The van der Waals surface area contributed by atoms with Gasteiger partial charge in [0, 0.05) is 0 Å². The maximum atomic E-state index is 5.53. The number of ether oxygens (including phenoxy) is 1. The molecule has 0 aliphatic carbocycles. The molecular formula is C11H15O.